The molecule has 1 saturated heterocycles. The third-order valence-corrected chi connectivity index (χ3v) is 3.47. The average molecular weight is 316 g/mol. The maximum atomic E-state index is 12.1. The molecule has 1 unspecified atom stereocenters. The molecule has 1 aliphatic rings. The zero-order chi connectivity index (χ0) is 16.6. The number of aliphatic hydroxyl groups excluding tert-OH is 4. The Morgan fingerprint density at radius 1 is 1.09 bits per heavy atom. The van der Waals surface area contributed by atoms with E-state index in [-0.39, 0.29) is 12.2 Å². The van der Waals surface area contributed by atoms with Gasteiger partial charge >= 0.3 is 0 Å². The highest BCUT2D eigenvalue weighted by Gasteiger charge is 2.43. The summed E-state index contributed by atoms with van der Waals surface area (Å²) in [6.07, 6.45) is -8.07. The number of rotatable bonds is 3. The number of hydrogen-bond acceptors (Lipinski definition) is 9. The SMILES string of the molecule is O=C(c1cc(O)c(O)c(O)c1)C(O)[C@H]1OC[C@H](O)[C@@H](O)[C@@H]1O. The molecule has 0 aliphatic carbocycles. The largest absolute Gasteiger partial charge is 0.504 e. The van der Waals surface area contributed by atoms with Crippen LogP contribution in [0.15, 0.2) is 12.1 Å². The molecule has 0 amide bonds. The van der Waals surface area contributed by atoms with Crippen molar-refractivity contribution >= 4 is 5.78 Å². The van der Waals surface area contributed by atoms with Crippen LogP contribution < -0.4 is 0 Å². The zero-order valence-corrected chi connectivity index (χ0v) is 11.2. The summed E-state index contributed by atoms with van der Waals surface area (Å²) in [5, 5.41) is 66.5. The van der Waals surface area contributed by atoms with Gasteiger partial charge in [0.05, 0.1) is 6.61 Å². The summed E-state index contributed by atoms with van der Waals surface area (Å²) in [4.78, 5) is 12.1. The summed E-state index contributed by atoms with van der Waals surface area (Å²) in [6.45, 7) is -0.390. The van der Waals surface area contributed by atoms with Crippen LogP contribution in [0, 0.1) is 0 Å². The molecule has 1 fully saturated rings. The molecule has 1 aromatic carbocycles. The smallest absolute Gasteiger partial charge is 0.200 e. The van der Waals surface area contributed by atoms with Gasteiger partial charge in [-0.05, 0) is 12.1 Å². The average Bonchev–Trinajstić information content (AvgIpc) is 2.48. The molecule has 1 aliphatic heterocycles. The number of aromatic hydroxyl groups is 3. The van der Waals surface area contributed by atoms with Gasteiger partial charge in [-0.2, -0.15) is 0 Å². The molecule has 0 radical (unpaired) electrons. The summed E-state index contributed by atoms with van der Waals surface area (Å²) in [5.74, 6) is -3.37. The predicted molar refractivity (Wildman–Crippen MR) is 69.5 cm³/mol. The van der Waals surface area contributed by atoms with Gasteiger partial charge in [0, 0.05) is 5.56 Å². The number of phenols is 3. The number of aliphatic hydroxyl groups is 4. The normalized spacial score (nSPS) is 30.0. The molecule has 0 spiro atoms. The van der Waals surface area contributed by atoms with Gasteiger partial charge in [0.15, 0.2) is 23.0 Å². The van der Waals surface area contributed by atoms with Crippen LogP contribution >= 0.6 is 0 Å². The second-order valence-corrected chi connectivity index (χ2v) is 5.02. The molecule has 122 valence electrons. The molecule has 22 heavy (non-hydrogen) atoms. The molecule has 5 atom stereocenters. The van der Waals surface area contributed by atoms with E-state index in [1.165, 1.54) is 0 Å². The Hall–Kier alpha value is -1.91. The summed E-state index contributed by atoms with van der Waals surface area (Å²) in [5.41, 5.74) is -0.336. The van der Waals surface area contributed by atoms with E-state index >= 15 is 0 Å². The first-order valence-electron chi connectivity index (χ1n) is 6.37. The lowest BCUT2D eigenvalue weighted by Gasteiger charge is -2.37. The first-order chi connectivity index (χ1) is 10.2. The van der Waals surface area contributed by atoms with Crippen molar-refractivity contribution in [3.63, 3.8) is 0 Å². The highest BCUT2D eigenvalue weighted by molar-refractivity contribution is 6.00. The van der Waals surface area contributed by atoms with Crippen LogP contribution in [0.4, 0.5) is 0 Å². The van der Waals surface area contributed by atoms with Crippen LogP contribution in [0.5, 0.6) is 17.2 Å². The third-order valence-electron chi connectivity index (χ3n) is 3.47. The topological polar surface area (TPSA) is 168 Å². The number of Topliss-reactive ketones (excluding diaryl/α,β-unsaturated/α-hetero) is 1. The lowest BCUT2D eigenvalue weighted by atomic mass is 9.92. The van der Waals surface area contributed by atoms with Gasteiger partial charge in [-0.15, -0.1) is 0 Å². The number of ketones is 1. The first-order valence-corrected chi connectivity index (χ1v) is 6.37. The lowest BCUT2D eigenvalue weighted by Crippen LogP contribution is -2.58. The van der Waals surface area contributed by atoms with Crippen molar-refractivity contribution in [3.05, 3.63) is 17.7 Å². The predicted octanol–water partition coefficient (Wildman–Crippen LogP) is -2.17. The molecule has 9 nitrogen and oxygen atoms in total. The number of ether oxygens (including phenoxy) is 1. The maximum absolute atomic E-state index is 12.1. The van der Waals surface area contributed by atoms with E-state index in [0.717, 1.165) is 12.1 Å². The highest BCUT2D eigenvalue weighted by atomic mass is 16.5. The van der Waals surface area contributed by atoms with Crippen molar-refractivity contribution in [2.24, 2.45) is 0 Å². The summed E-state index contributed by atoms with van der Waals surface area (Å²) >= 11 is 0. The number of hydrogen-bond donors (Lipinski definition) is 7. The molecule has 2 rings (SSSR count). The lowest BCUT2D eigenvalue weighted by molar-refractivity contribution is -0.204. The van der Waals surface area contributed by atoms with Gasteiger partial charge in [0.1, 0.15) is 30.5 Å². The fourth-order valence-electron chi connectivity index (χ4n) is 2.17. The van der Waals surface area contributed by atoms with Gasteiger partial charge in [-0.1, -0.05) is 0 Å². The van der Waals surface area contributed by atoms with Gasteiger partial charge in [-0.3, -0.25) is 4.79 Å². The van der Waals surface area contributed by atoms with E-state index in [1.807, 2.05) is 0 Å². The van der Waals surface area contributed by atoms with Gasteiger partial charge < -0.3 is 40.5 Å². The highest BCUT2D eigenvalue weighted by Crippen LogP contribution is 2.36. The molecule has 0 bridgehead atoms. The van der Waals surface area contributed by atoms with Crippen LogP contribution in [-0.4, -0.2) is 78.7 Å². The fraction of sp³-hybridized carbons (Fsp3) is 0.462. The number of carbonyl (C=O) groups excluding carboxylic acids is 1. The standard InChI is InChI=1S/C13H16O9/c14-5-1-4(2-6(15)9(5)18)8(17)11(20)13-12(21)10(19)7(16)3-22-13/h1-2,7,10-16,18-21H,3H2/t7-,10+,11?,12-,13+/m0/s1. The monoisotopic (exact) mass is 316 g/mol. The van der Waals surface area contributed by atoms with Crippen molar-refractivity contribution in [2.45, 2.75) is 30.5 Å². The Morgan fingerprint density at radius 3 is 2.18 bits per heavy atom. The molecule has 0 aromatic heterocycles. The van der Waals surface area contributed by atoms with E-state index in [4.69, 9.17) is 4.74 Å². The van der Waals surface area contributed by atoms with Crippen molar-refractivity contribution in [3.8, 4) is 17.2 Å². The quantitative estimate of drug-likeness (QED) is 0.242. The van der Waals surface area contributed by atoms with Crippen LogP contribution in [-0.2, 0) is 4.74 Å². The minimum atomic E-state index is -1.92. The Kier molecular flexibility index (Phi) is 4.54. The molecular formula is C13H16O9. The maximum Gasteiger partial charge on any atom is 0.200 e. The van der Waals surface area contributed by atoms with E-state index in [0.29, 0.717) is 0 Å². The summed E-state index contributed by atoms with van der Waals surface area (Å²) in [7, 11) is 0. The van der Waals surface area contributed by atoms with Crippen molar-refractivity contribution in [1.29, 1.82) is 0 Å². The second kappa shape index (κ2) is 6.07. The Morgan fingerprint density at radius 2 is 1.64 bits per heavy atom. The molecule has 1 aromatic rings. The van der Waals surface area contributed by atoms with E-state index < -0.39 is 53.6 Å². The summed E-state index contributed by atoms with van der Waals surface area (Å²) < 4.78 is 4.96. The minimum Gasteiger partial charge on any atom is -0.504 e. The van der Waals surface area contributed by atoms with Crippen molar-refractivity contribution in [2.75, 3.05) is 6.61 Å². The van der Waals surface area contributed by atoms with E-state index in [1.54, 1.807) is 0 Å². The molecule has 9 heteroatoms. The van der Waals surface area contributed by atoms with Crippen LogP contribution in [0.2, 0.25) is 0 Å². The van der Waals surface area contributed by atoms with Crippen molar-refractivity contribution in [1.82, 2.24) is 0 Å². The summed E-state index contributed by atoms with van der Waals surface area (Å²) in [6, 6.07) is 1.64. The van der Waals surface area contributed by atoms with E-state index in [2.05, 4.69) is 0 Å². The van der Waals surface area contributed by atoms with Gasteiger partial charge in [0.25, 0.3) is 0 Å². The van der Waals surface area contributed by atoms with E-state index in [9.17, 15) is 40.5 Å². The molecule has 7 N–H and O–H groups in total. The first kappa shape index (κ1) is 16.5. The second-order valence-electron chi connectivity index (χ2n) is 5.02. The van der Waals surface area contributed by atoms with Crippen LogP contribution in [0.1, 0.15) is 10.4 Å². The number of carbonyl (C=O) groups is 1. The van der Waals surface area contributed by atoms with Crippen LogP contribution in [0.25, 0.3) is 0 Å². The van der Waals surface area contributed by atoms with Gasteiger partial charge in [-0.25, -0.2) is 0 Å². The van der Waals surface area contributed by atoms with Crippen molar-refractivity contribution < 1.29 is 45.3 Å². The Balaban J connectivity index is 2.22. The zero-order valence-electron chi connectivity index (χ0n) is 11.2. The van der Waals surface area contributed by atoms with Gasteiger partial charge in [0.2, 0.25) is 0 Å². The third kappa shape index (κ3) is 2.85. The Bertz CT molecular complexity index is 550. The molecule has 1 heterocycles. The Labute approximate surface area is 124 Å². The fourth-order valence-corrected chi connectivity index (χ4v) is 2.17. The number of benzene rings is 1. The molecule has 0 saturated carbocycles. The molecular weight excluding hydrogens is 300 g/mol. The number of phenolic OH excluding ortho intramolecular Hbond substituents is 3. The van der Waals surface area contributed by atoms with Crippen LogP contribution in [0.3, 0.4) is 0 Å². The minimum absolute atomic E-state index is 0.336.